The molecule has 5 nitrogen and oxygen atoms in total. The zero-order valence-electron chi connectivity index (χ0n) is 19.9. The van der Waals surface area contributed by atoms with Crippen LogP contribution in [0.5, 0.6) is 5.75 Å². The van der Waals surface area contributed by atoms with E-state index in [0.29, 0.717) is 6.54 Å². The summed E-state index contributed by atoms with van der Waals surface area (Å²) in [5.74, 6) is 0.861. The van der Waals surface area contributed by atoms with Gasteiger partial charge in [-0.15, -0.1) is 0 Å². The number of nitrogens with one attached hydrogen (secondary N) is 1. The molecule has 3 rings (SSSR count). The third-order valence-electron chi connectivity index (χ3n) is 6.22. The van der Waals surface area contributed by atoms with Crippen LogP contribution < -0.4 is 15.0 Å². The summed E-state index contributed by atoms with van der Waals surface area (Å²) in [5.41, 5.74) is 6.66. The summed E-state index contributed by atoms with van der Waals surface area (Å²) in [6.07, 6.45) is 0.861. The van der Waals surface area contributed by atoms with Crippen LogP contribution in [0.4, 0.5) is 10.5 Å². The molecule has 0 atom stereocenters. The molecular weight excluding hydrogens is 386 g/mol. The number of methoxy groups -OCH3 is 1. The molecule has 1 aliphatic heterocycles. The van der Waals surface area contributed by atoms with Crippen molar-refractivity contribution in [3.63, 3.8) is 0 Å². The van der Waals surface area contributed by atoms with Crippen molar-refractivity contribution >= 4 is 11.7 Å². The van der Waals surface area contributed by atoms with Crippen LogP contribution in [0.25, 0.3) is 0 Å². The van der Waals surface area contributed by atoms with Gasteiger partial charge in [0, 0.05) is 38.4 Å². The summed E-state index contributed by atoms with van der Waals surface area (Å²) in [6, 6.07) is 12.7. The molecule has 1 fully saturated rings. The van der Waals surface area contributed by atoms with E-state index in [-0.39, 0.29) is 11.4 Å². The number of hydrogen-bond acceptors (Lipinski definition) is 3. The van der Waals surface area contributed by atoms with E-state index in [1.165, 1.54) is 27.9 Å². The van der Waals surface area contributed by atoms with Gasteiger partial charge in [0.1, 0.15) is 5.75 Å². The van der Waals surface area contributed by atoms with E-state index in [1.54, 1.807) is 7.11 Å². The van der Waals surface area contributed by atoms with Gasteiger partial charge in [-0.1, -0.05) is 32.9 Å². The van der Waals surface area contributed by atoms with Crippen LogP contribution in [0.3, 0.4) is 0 Å². The lowest BCUT2D eigenvalue weighted by atomic mass is 9.83. The molecule has 0 unspecified atom stereocenters. The van der Waals surface area contributed by atoms with E-state index < -0.39 is 0 Å². The average molecular weight is 424 g/mol. The second-order valence-corrected chi connectivity index (χ2v) is 9.49. The third kappa shape index (κ3) is 5.72. The maximum Gasteiger partial charge on any atom is 0.317 e. The number of urea groups is 1. The Bertz CT molecular complexity index is 869. The Hall–Kier alpha value is -2.69. The van der Waals surface area contributed by atoms with Gasteiger partial charge in [-0.3, -0.25) is 0 Å². The third-order valence-corrected chi connectivity index (χ3v) is 6.22. The molecule has 5 heteroatoms. The van der Waals surface area contributed by atoms with Crippen molar-refractivity contribution in [3.05, 3.63) is 58.7 Å². The molecule has 1 N–H and O–H groups in total. The Morgan fingerprint density at radius 1 is 1.00 bits per heavy atom. The normalized spacial score (nSPS) is 14.5. The first-order chi connectivity index (χ1) is 14.7. The summed E-state index contributed by atoms with van der Waals surface area (Å²) in [6.45, 7) is 14.9. The van der Waals surface area contributed by atoms with E-state index in [4.69, 9.17) is 4.74 Å². The van der Waals surface area contributed by atoms with E-state index in [1.807, 2.05) is 17.0 Å². The zero-order valence-corrected chi connectivity index (χ0v) is 19.9. The van der Waals surface area contributed by atoms with Crippen molar-refractivity contribution < 1.29 is 9.53 Å². The van der Waals surface area contributed by atoms with Crippen molar-refractivity contribution in [3.8, 4) is 5.75 Å². The lowest BCUT2D eigenvalue weighted by Crippen LogP contribution is -2.52. The number of aryl methyl sites for hydroxylation is 2. The molecule has 2 aromatic rings. The summed E-state index contributed by atoms with van der Waals surface area (Å²) < 4.78 is 5.23. The van der Waals surface area contributed by atoms with E-state index in [9.17, 15) is 4.79 Å². The minimum absolute atomic E-state index is 0.0380. The Morgan fingerprint density at radius 2 is 1.58 bits per heavy atom. The number of carbonyl (C=O) groups is 1. The Labute approximate surface area is 187 Å². The minimum Gasteiger partial charge on any atom is -0.497 e. The van der Waals surface area contributed by atoms with Crippen molar-refractivity contribution in [2.24, 2.45) is 0 Å². The fourth-order valence-corrected chi connectivity index (χ4v) is 4.19. The largest absolute Gasteiger partial charge is 0.497 e. The molecule has 0 spiro atoms. The molecule has 0 saturated carbocycles. The van der Waals surface area contributed by atoms with E-state index in [2.05, 4.69) is 69.1 Å². The Balaban J connectivity index is 1.49. The second-order valence-electron chi connectivity index (χ2n) is 9.49. The van der Waals surface area contributed by atoms with Crippen molar-refractivity contribution in [1.82, 2.24) is 10.2 Å². The minimum atomic E-state index is 0.0380. The highest BCUT2D eigenvalue weighted by Gasteiger charge is 2.21. The summed E-state index contributed by atoms with van der Waals surface area (Å²) in [5, 5.41) is 3.12. The molecule has 0 radical (unpaired) electrons. The molecule has 0 bridgehead atoms. The fraction of sp³-hybridized carbons (Fsp3) is 0.500. The first kappa shape index (κ1) is 23.0. The molecule has 0 aromatic heterocycles. The highest BCUT2D eigenvalue weighted by Crippen LogP contribution is 2.27. The zero-order chi connectivity index (χ0) is 22.6. The highest BCUT2D eigenvalue weighted by molar-refractivity contribution is 5.74. The number of carbonyl (C=O) groups excluding carboxylic acids is 1. The van der Waals surface area contributed by atoms with Gasteiger partial charge in [0.25, 0.3) is 0 Å². The quantitative estimate of drug-likeness (QED) is 0.759. The van der Waals surface area contributed by atoms with Crippen LogP contribution in [-0.4, -0.2) is 50.8 Å². The summed E-state index contributed by atoms with van der Waals surface area (Å²) in [7, 11) is 1.68. The predicted molar refractivity (Wildman–Crippen MR) is 128 cm³/mol. The van der Waals surface area contributed by atoms with Crippen molar-refractivity contribution in [2.75, 3.05) is 44.7 Å². The predicted octanol–water partition coefficient (Wildman–Crippen LogP) is 4.68. The van der Waals surface area contributed by atoms with Gasteiger partial charge < -0.3 is 19.9 Å². The molecule has 168 valence electrons. The molecule has 2 amide bonds. The number of amides is 2. The maximum absolute atomic E-state index is 12.7. The van der Waals surface area contributed by atoms with Crippen LogP contribution >= 0.6 is 0 Å². The summed E-state index contributed by atoms with van der Waals surface area (Å²) in [4.78, 5) is 16.9. The standard InChI is InChI=1S/C26H37N3O2/c1-19-17-21(26(3,4)5)18-20(2)24(19)11-12-27-25(30)29-15-13-28(14-16-29)22-7-9-23(31-6)10-8-22/h7-10,17-18H,11-16H2,1-6H3,(H,27,30). The average Bonchev–Trinajstić information content (AvgIpc) is 2.75. The maximum atomic E-state index is 12.7. The van der Waals surface area contributed by atoms with Gasteiger partial charge in [-0.25, -0.2) is 4.79 Å². The van der Waals surface area contributed by atoms with Crippen LogP contribution in [-0.2, 0) is 11.8 Å². The monoisotopic (exact) mass is 423 g/mol. The molecule has 2 aromatic carbocycles. The molecular formula is C26H37N3O2. The van der Waals surface area contributed by atoms with Gasteiger partial charge >= 0.3 is 6.03 Å². The SMILES string of the molecule is COc1ccc(N2CCN(C(=O)NCCc3c(C)cc(C(C)(C)C)cc3C)CC2)cc1. The van der Waals surface area contributed by atoms with E-state index in [0.717, 1.165) is 38.3 Å². The van der Waals surface area contributed by atoms with Gasteiger partial charge in [-0.2, -0.15) is 0 Å². The van der Waals surface area contributed by atoms with Crippen LogP contribution in [0, 0.1) is 13.8 Å². The van der Waals surface area contributed by atoms with Gasteiger partial charge in [0.15, 0.2) is 0 Å². The van der Waals surface area contributed by atoms with Crippen LogP contribution in [0.15, 0.2) is 36.4 Å². The topological polar surface area (TPSA) is 44.8 Å². The van der Waals surface area contributed by atoms with Crippen LogP contribution in [0.2, 0.25) is 0 Å². The lowest BCUT2D eigenvalue weighted by Gasteiger charge is -2.36. The van der Waals surface area contributed by atoms with Crippen molar-refractivity contribution in [1.29, 1.82) is 0 Å². The number of ether oxygens (including phenoxy) is 1. The summed E-state index contributed by atoms with van der Waals surface area (Å²) >= 11 is 0. The molecule has 31 heavy (non-hydrogen) atoms. The number of piperazine rings is 1. The second kappa shape index (κ2) is 9.63. The van der Waals surface area contributed by atoms with Gasteiger partial charge in [-0.05, 0) is 72.2 Å². The van der Waals surface area contributed by atoms with Gasteiger partial charge in [0.2, 0.25) is 0 Å². The first-order valence-electron chi connectivity index (χ1n) is 11.2. The van der Waals surface area contributed by atoms with Crippen molar-refractivity contribution in [2.45, 2.75) is 46.5 Å². The molecule has 0 aliphatic carbocycles. The molecule has 1 aliphatic rings. The van der Waals surface area contributed by atoms with Crippen LogP contribution in [0.1, 0.15) is 43.0 Å². The number of benzene rings is 2. The highest BCUT2D eigenvalue weighted by atomic mass is 16.5. The first-order valence-corrected chi connectivity index (χ1v) is 11.2. The number of rotatable bonds is 5. The fourth-order valence-electron chi connectivity index (χ4n) is 4.19. The number of hydrogen-bond donors (Lipinski definition) is 1. The lowest BCUT2D eigenvalue weighted by molar-refractivity contribution is 0.194. The number of nitrogens with zero attached hydrogens (tertiary/aromatic N) is 2. The number of anilines is 1. The molecule has 1 heterocycles. The van der Waals surface area contributed by atoms with E-state index >= 15 is 0 Å². The van der Waals surface area contributed by atoms with Gasteiger partial charge in [0.05, 0.1) is 7.11 Å². The smallest absolute Gasteiger partial charge is 0.317 e. The Morgan fingerprint density at radius 3 is 2.10 bits per heavy atom. The Kier molecular flexibility index (Phi) is 7.14. The molecule has 1 saturated heterocycles.